The number of carbonyl (C=O) groups excluding carboxylic acids is 3. The van der Waals surface area contributed by atoms with Gasteiger partial charge in [-0.2, -0.15) is 0 Å². The summed E-state index contributed by atoms with van der Waals surface area (Å²) in [5, 5.41) is 5.92. The van der Waals surface area contributed by atoms with Crippen LogP contribution in [0.5, 0.6) is 0 Å². The standard InChI is InChI=1S/C35H37N5O3/c1-26-11-13-29(14-12-26)34(42)40(24-28-8-4-3-5-9-28)25-33(41)36-30-15-17-32(18-16-30)38-19-21-39(22-20-38)35(43)37-31-10-6-7-27(2)23-31/h3-18,23H,19-22,24-25H2,1-2H3,(H,36,41)(H,37,43). The van der Waals surface area contributed by atoms with Gasteiger partial charge in [0.2, 0.25) is 5.91 Å². The molecule has 1 aliphatic heterocycles. The molecule has 4 aromatic rings. The summed E-state index contributed by atoms with van der Waals surface area (Å²) in [6.07, 6.45) is 0. The summed E-state index contributed by atoms with van der Waals surface area (Å²) in [6.45, 7) is 6.88. The van der Waals surface area contributed by atoms with Crippen LogP contribution in [0.1, 0.15) is 27.0 Å². The number of amides is 4. The van der Waals surface area contributed by atoms with Crippen molar-refractivity contribution < 1.29 is 14.4 Å². The second-order valence-corrected chi connectivity index (χ2v) is 10.9. The van der Waals surface area contributed by atoms with Gasteiger partial charge in [-0.3, -0.25) is 9.59 Å². The topological polar surface area (TPSA) is 85.0 Å². The van der Waals surface area contributed by atoms with Crippen LogP contribution in [0, 0.1) is 13.8 Å². The average molecular weight is 576 g/mol. The van der Waals surface area contributed by atoms with E-state index in [9.17, 15) is 14.4 Å². The molecule has 0 aliphatic carbocycles. The highest BCUT2D eigenvalue weighted by atomic mass is 16.2. The molecule has 1 aliphatic rings. The predicted molar refractivity (Wildman–Crippen MR) is 171 cm³/mol. The maximum Gasteiger partial charge on any atom is 0.321 e. The molecule has 1 heterocycles. The molecule has 0 bridgehead atoms. The van der Waals surface area contributed by atoms with Crippen molar-refractivity contribution in [3.63, 3.8) is 0 Å². The Labute approximate surface area is 252 Å². The zero-order chi connectivity index (χ0) is 30.2. The summed E-state index contributed by atoms with van der Waals surface area (Å²) in [4.78, 5) is 44.8. The fourth-order valence-corrected chi connectivity index (χ4v) is 5.10. The Bertz CT molecular complexity index is 1550. The van der Waals surface area contributed by atoms with Crippen molar-refractivity contribution in [2.75, 3.05) is 48.3 Å². The number of aryl methyl sites for hydroxylation is 2. The lowest BCUT2D eigenvalue weighted by atomic mass is 10.1. The van der Waals surface area contributed by atoms with Crippen molar-refractivity contribution in [2.45, 2.75) is 20.4 Å². The van der Waals surface area contributed by atoms with Gasteiger partial charge in [-0.25, -0.2) is 4.79 Å². The van der Waals surface area contributed by atoms with E-state index in [-0.39, 0.29) is 24.4 Å². The zero-order valence-electron chi connectivity index (χ0n) is 24.6. The molecule has 0 aromatic heterocycles. The molecular formula is C35H37N5O3. The summed E-state index contributed by atoms with van der Waals surface area (Å²) >= 11 is 0. The first kappa shape index (κ1) is 29.4. The molecule has 0 atom stereocenters. The molecule has 2 N–H and O–H groups in total. The summed E-state index contributed by atoms with van der Waals surface area (Å²) < 4.78 is 0. The number of piperazine rings is 1. The highest BCUT2D eigenvalue weighted by molar-refractivity contribution is 5.99. The maximum absolute atomic E-state index is 13.4. The molecule has 5 rings (SSSR count). The lowest BCUT2D eigenvalue weighted by Crippen LogP contribution is -2.50. The SMILES string of the molecule is Cc1ccc(C(=O)N(CC(=O)Nc2ccc(N3CCN(C(=O)Nc4cccc(C)c4)CC3)cc2)Cc2ccccc2)cc1. The van der Waals surface area contributed by atoms with Crippen LogP contribution in [0.25, 0.3) is 0 Å². The van der Waals surface area contributed by atoms with Crippen LogP contribution < -0.4 is 15.5 Å². The van der Waals surface area contributed by atoms with Crippen LogP contribution in [0.3, 0.4) is 0 Å². The second-order valence-electron chi connectivity index (χ2n) is 10.9. The smallest absolute Gasteiger partial charge is 0.321 e. The highest BCUT2D eigenvalue weighted by Crippen LogP contribution is 2.21. The Balaban J connectivity index is 1.16. The van der Waals surface area contributed by atoms with E-state index in [1.807, 2.05) is 110 Å². The monoisotopic (exact) mass is 575 g/mol. The quantitative estimate of drug-likeness (QED) is 0.272. The summed E-state index contributed by atoms with van der Waals surface area (Å²) in [5.41, 5.74) is 6.15. The minimum Gasteiger partial charge on any atom is -0.368 e. The first-order chi connectivity index (χ1) is 20.8. The van der Waals surface area contributed by atoms with Gasteiger partial charge < -0.3 is 25.3 Å². The first-order valence-corrected chi connectivity index (χ1v) is 14.5. The molecule has 8 heteroatoms. The van der Waals surface area contributed by atoms with E-state index in [1.165, 1.54) is 0 Å². The fourth-order valence-electron chi connectivity index (χ4n) is 5.10. The molecule has 220 valence electrons. The Morgan fingerprint density at radius 3 is 2.07 bits per heavy atom. The highest BCUT2D eigenvalue weighted by Gasteiger charge is 2.22. The Morgan fingerprint density at radius 2 is 1.40 bits per heavy atom. The van der Waals surface area contributed by atoms with Crippen molar-refractivity contribution in [3.8, 4) is 0 Å². The molecule has 4 amide bonds. The van der Waals surface area contributed by atoms with Gasteiger partial charge in [0.05, 0.1) is 0 Å². The number of benzene rings is 4. The van der Waals surface area contributed by atoms with Crippen LogP contribution in [-0.2, 0) is 11.3 Å². The lowest BCUT2D eigenvalue weighted by Gasteiger charge is -2.36. The summed E-state index contributed by atoms with van der Waals surface area (Å²) in [5.74, 6) is -0.460. The number of nitrogens with zero attached hydrogens (tertiary/aromatic N) is 3. The van der Waals surface area contributed by atoms with Crippen molar-refractivity contribution in [3.05, 3.63) is 125 Å². The summed E-state index contributed by atoms with van der Waals surface area (Å²) in [7, 11) is 0. The van der Waals surface area contributed by atoms with E-state index in [1.54, 1.807) is 17.0 Å². The molecule has 0 saturated carbocycles. The van der Waals surface area contributed by atoms with Gasteiger partial charge >= 0.3 is 6.03 Å². The van der Waals surface area contributed by atoms with Crippen molar-refractivity contribution in [1.82, 2.24) is 9.80 Å². The largest absolute Gasteiger partial charge is 0.368 e. The van der Waals surface area contributed by atoms with Gasteiger partial charge in [-0.05, 0) is 73.5 Å². The minimum absolute atomic E-state index is 0.0735. The molecule has 0 spiro atoms. The van der Waals surface area contributed by atoms with E-state index < -0.39 is 0 Å². The van der Waals surface area contributed by atoms with E-state index in [0.717, 1.165) is 28.1 Å². The number of hydrogen-bond donors (Lipinski definition) is 2. The van der Waals surface area contributed by atoms with Crippen LogP contribution in [0.15, 0.2) is 103 Å². The molecule has 0 unspecified atom stereocenters. The van der Waals surface area contributed by atoms with Crippen molar-refractivity contribution in [1.29, 1.82) is 0 Å². The molecule has 8 nitrogen and oxygen atoms in total. The van der Waals surface area contributed by atoms with Gasteiger partial charge in [0, 0.05) is 55.3 Å². The van der Waals surface area contributed by atoms with Crippen LogP contribution in [0.4, 0.5) is 21.9 Å². The minimum atomic E-state index is -0.266. The van der Waals surface area contributed by atoms with Crippen LogP contribution >= 0.6 is 0 Å². The number of rotatable bonds is 8. The number of hydrogen-bond acceptors (Lipinski definition) is 4. The van der Waals surface area contributed by atoms with E-state index in [2.05, 4.69) is 15.5 Å². The molecule has 1 saturated heterocycles. The second kappa shape index (κ2) is 13.7. The van der Waals surface area contributed by atoms with E-state index in [0.29, 0.717) is 44.0 Å². The molecule has 4 aromatic carbocycles. The Kier molecular flexibility index (Phi) is 9.36. The van der Waals surface area contributed by atoms with Gasteiger partial charge in [0.15, 0.2) is 0 Å². The molecule has 43 heavy (non-hydrogen) atoms. The lowest BCUT2D eigenvalue weighted by molar-refractivity contribution is -0.117. The van der Waals surface area contributed by atoms with Gasteiger partial charge in [0.1, 0.15) is 6.54 Å². The maximum atomic E-state index is 13.4. The average Bonchev–Trinajstić information content (AvgIpc) is 3.02. The molecular weight excluding hydrogens is 538 g/mol. The van der Waals surface area contributed by atoms with Gasteiger partial charge in [-0.15, -0.1) is 0 Å². The number of anilines is 3. The Hall–Kier alpha value is -5.11. The predicted octanol–water partition coefficient (Wildman–Crippen LogP) is 5.94. The van der Waals surface area contributed by atoms with Gasteiger partial charge in [0.25, 0.3) is 5.91 Å². The third-order valence-corrected chi connectivity index (χ3v) is 7.49. The third kappa shape index (κ3) is 8.01. The van der Waals surface area contributed by atoms with Crippen LogP contribution in [-0.4, -0.2) is 60.4 Å². The third-order valence-electron chi connectivity index (χ3n) is 7.49. The summed E-state index contributed by atoms with van der Waals surface area (Å²) in [6, 6.07) is 32.4. The van der Waals surface area contributed by atoms with E-state index in [4.69, 9.17) is 0 Å². The fraction of sp³-hybridized carbons (Fsp3) is 0.229. The Morgan fingerprint density at radius 1 is 0.698 bits per heavy atom. The number of nitrogens with one attached hydrogen (secondary N) is 2. The zero-order valence-corrected chi connectivity index (χ0v) is 24.6. The van der Waals surface area contributed by atoms with Crippen LogP contribution in [0.2, 0.25) is 0 Å². The number of carbonyl (C=O) groups is 3. The molecule has 1 fully saturated rings. The van der Waals surface area contributed by atoms with E-state index >= 15 is 0 Å². The number of urea groups is 1. The molecule has 0 radical (unpaired) electrons. The van der Waals surface area contributed by atoms with Crippen molar-refractivity contribution in [2.24, 2.45) is 0 Å². The van der Waals surface area contributed by atoms with Crippen molar-refractivity contribution >= 4 is 34.9 Å². The first-order valence-electron chi connectivity index (χ1n) is 14.5. The van der Waals surface area contributed by atoms with Gasteiger partial charge in [-0.1, -0.05) is 60.2 Å². The normalized spacial score (nSPS) is 12.9.